The van der Waals surface area contributed by atoms with Crippen LogP contribution in [-0.2, 0) is 0 Å². The van der Waals surface area contributed by atoms with Crippen LogP contribution in [0.2, 0.25) is 0 Å². The van der Waals surface area contributed by atoms with Crippen LogP contribution in [0.25, 0.3) is 0 Å². The average Bonchev–Trinajstić information content (AvgIpc) is 2.62. The third-order valence-corrected chi connectivity index (χ3v) is 4.26. The summed E-state index contributed by atoms with van der Waals surface area (Å²) in [6, 6.07) is 23.1. The smallest absolute Gasteiger partial charge is 0.194 e. The molecule has 3 aromatic carbocycles. The van der Waals surface area contributed by atoms with Crippen molar-refractivity contribution in [3.05, 3.63) is 106 Å². The van der Waals surface area contributed by atoms with Crippen molar-refractivity contribution in [3.63, 3.8) is 0 Å². The average molecular weight is 365 g/mol. The molecule has 0 unspecified atom stereocenters. The predicted molar refractivity (Wildman–Crippen MR) is 93.9 cm³/mol. The molecule has 0 radical (unpaired) electrons. The molecular weight excluding hydrogens is 352 g/mol. The SMILES string of the molecule is O=C(c1ccccc1)c1ccccc1C(=O)c1ccccc1Br. The lowest BCUT2D eigenvalue weighted by Gasteiger charge is -2.09. The van der Waals surface area contributed by atoms with E-state index in [0.29, 0.717) is 26.7 Å². The number of carbonyl (C=O) groups excluding carboxylic acids is 2. The Labute approximate surface area is 142 Å². The molecule has 0 aliphatic heterocycles. The summed E-state index contributed by atoms with van der Waals surface area (Å²) in [5.41, 5.74) is 1.94. The Bertz CT molecular complexity index is 870. The summed E-state index contributed by atoms with van der Waals surface area (Å²) in [5.74, 6) is -0.320. The molecule has 0 heterocycles. The molecule has 0 aromatic heterocycles. The van der Waals surface area contributed by atoms with E-state index in [1.165, 1.54) is 0 Å². The molecule has 3 heteroatoms. The second-order valence-electron chi connectivity index (χ2n) is 5.05. The van der Waals surface area contributed by atoms with Crippen LogP contribution in [0, 0.1) is 0 Å². The number of hydrogen-bond donors (Lipinski definition) is 0. The molecule has 2 nitrogen and oxygen atoms in total. The third kappa shape index (κ3) is 3.15. The molecule has 3 aromatic rings. The lowest BCUT2D eigenvalue weighted by atomic mass is 9.93. The Hall–Kier alpha value is -2.52. The van der Waals surface area contributed by atoms with Gasteiger partial charge in [0.1, 0.15) is 0 Å². The zero-order valence-electron chi connectivity index (χ0n) is 12.2. The highest BCUT2D eigenvalue weighted by atomic mass is 79.9. The van der Waals surface area contributed by atoms with Gasteiger partial charge in [-0.05, 0) is 12.1 Å². The van der Waals surface area contributed by atoms with Gasteiger partial charge in [0.05, 0.1) is 0 Å². The molecule has 0 atom stereocenters. The second-order valence-corrected chi connectivity index (χ2v) is 5.90. The fourth-order valence-corrected chi connectivity index (χ4v) is 2.88. The largest absolute Gasteiger partial charge is 0.289 e. The van der Waals surface area contributed by atoms with Crippen molar-refractivity contribution >= 4 is 27.5 Å². The Morgan fingerprint density at radius 1 is 0.565 bits per heavy atom. The number of benzene rings is 3. The van der Waals surface area contributed by atoms with Crippen molar-refractivity contribution in [3.8, 4) is 0 Å². The van der Waals surface area contributed by atoms with Crippen LogP contribution in [-0.4, -0.2) is 11.6 Å². The Balaban J connectivity index is 2.07. The fraction of sp³-hybridized carbons (Fsp3) is 0. The van der Waals surface area contributed by atoms with E-state index < -0.39 is 0 Å². The van der Waals surface area contributed by atoms with Gasteiger partial charge in [-0.3, -0.25) is 9.59 Å². The van der Waals surface area contributed by atoms with Gasteiger partial charge in [-0.15, -0.1) is 0 Å². The van der Waals surface area contributed by atoms with Crippen molar-refractivity contribution in [2.45, 2.75) is 0 Å². The first-order valence-corrected chi connectivity index (χ1v) is 7.96. The van der Waals surface area contributed by atoms with Gasteiger partial charge in [-0.2, -0.15) is 0 Å². The van der Waals surface area contributed by atoms with Crippen LogP contribution in [0.1, 0.15) is 31.8 Å². The van der Waals surface area contributed by atoms with Crippen molar-refractivity contribution in [1.29, 1.82) is 0 Å². The summed E-state index contributed by atoms with van der Waals surface area (Å²) >= 11 is 3.39. The zero-order valence-corrected chi connectivity index (χ0v) is 13.8. The maximum Gasteiger partial charge on any atom is 0.194 e. The minimum atomic E-state index is -0.169. The second kappa shape index (κ2) is 6.71. The standard InChI is InChI=1S/C20H13BrO2/c21-18-13-7-6-12-17(18)20(23)16-11-5-4-10-15(16)19(22)14-8-2-1-3-9-14/h1-13H. The molecule has 0 N–H and O–H groups in total. The van der Waals surface area contributed by atoms with Gasteiger partial charge in [0.25, 0.3) is 0 Å². The maximum absolute atomic E-state index is 12.8. The highest BCUT2D eigenvalue weighted by Crippen LogP contribution is 2.23. The van der Waals surface area contributed by atoms with Crippen LogP contribution in [0.5, 0.6) is 0 Å². The summed E-state index contributed by atoms with van der Waals surface area (Å²) in [6.07, 6.45) is 0. The Morgan fingerprint density at radius 2 is 1.04 bits per heavy atom. The highest BCUT2D eigenvalue weighted by Gasteiger charge is 2.20. The van der Waals surface area contributed by atoms with Gasteiger partial charge in [0, 0.05) is 26.7 Å². The number of carbonyl (C=O) groups is 2. The van der Waals surface area contributed by atoms with Gasteiger partial charge in [-0.25, -0.2) is 0 Å². The van der Waals surface area contributed by atoms with Gasteiger partial charge in [-0.1, -0.05) is 82.7 Å². The van der Waals surface area contributed by atoms with Crippen molar-refractivity contribution < 1.29 is 9.59 Å². The third-order valence-electron chi connectivity index (χ3n) is 3.57. The molecule has 0 saturated carbocycles. The lowest BCUT2D eigenvalue weighted by molar-refractivity contribution is 0.100. The van der Waals surface area contributed by atoms with Crippen molar-refractivity contribution in [1.82, 2.24) is 0 Å². The van der Waals surface area contributed by atoms with Gasteiger partial charge >= 0.3 is 0 Å². The fourth-order valence-electron chi connectivity index (χ4n) is 2.41. The monoisotopic (exact) mass is 364 g/mol. The van der Waals surface area contributed by atoms with E-state index in [1.54, 1.807) is 48.5 Å². The molecule has 3 rings (SSSR count). The summed E-state index contributed by atoms with van der Waals surface area (Å²) in [5, 5.41) is 0. The van der Waals surface area contributed by atoms with E-state index in [-0.39, 0.29) is 11.6 Å². The van der Waals surface area contributed by atoms with E-state index in [0.717, 1.165) is 0 Å². The van der Waals surface area contributed by atoms with Crippen molar-refractivity contribution in [2.24, 2.45) is 0 Å². The molecule has 112 valence electrons. The summed E-state index contributed by atoms with van der Waals surface area (Å²) in [6.45, 7) is 0. The highest BCUT2D eigenvalue weighted by molar-refractivity contribution is 9.10. The van der Waals surface area contributed by atoms with Crippen LogP contribution < -0.4 is 0 Å². The lowest BCUT2D eigenvalue weighted by Crippen LogP contribution is -2.11. The molecule has 0 bridgehead atoms. The van der Waals surface area contributed by atoms with Crippen LogP contribution >= 0.6 is 15.9 Å². The normalized spacial score (nSPS) is 10.3. The van der Waals surface area contributed by atoms with Gasteiger partial charge in [0.2, 0.25) is 0 Å². The summed E-state index contributed by atoms with van der Waals surface area (Å²) < 4.78 is 0.715. The Kier molecular flexibility index (Phi) is 4.49. The van der Waals surface area contributed by atoms with E-state index in [4.69, 9.17) is 0 Å². The number of hydrogen-bond acceptors (Lipinski definition) is 2. The van der Waals surface area contributed by atoms with Gasteiger partial charge in [0.15, 0.2) is 11.6 Å². The van der Waals surface area contributed by atoms with Crippen molar-refractivity contribution in [2.75, 3.05) is 0 Å². The maximum atomic E-state index is 12.8. The van der Waals surface area contributed by atoms with E-state index in [2.05, 4.69) is 15.9 Å². The molecule has 23 heavy (non-hydrogen) atoms. The van der Waals surface area contributed by atoms with Gasteiger partial charge < -0.3 is 0 Å². The summed E-state index contributed by atoms with van der Waals surface area (Å²) in [7, 11) is 0. The van der Waals surface area contributed by atoms with E-state index in [1.807, 2.05) is 30.3 Å². The molecule has 0 aliphatic rings. The first-order chi connectivity index (χ1) is 11.2. The molecule has 0 saturated heterocycles. The van der Waals surface area contributed by atoms with E-state index >= 15 is 0 Å². The molecule has 0 fully saturated rings. The summed E-state index contributed by atoms with van der Waals surface area (Å²) in [4.78, 5) is 25.6. The quantitative estimate of drug-likeness (QED) is 0.616. The minimum Gasteiger partial charge on any atom is -0.289 e. The first kappa shape index (κ1) is 15.4. The predicted octanol–water partition coefficient (Wildman–Crippen LogP) is 4.91. The first-order valence-electron chi connectivity index (χ1n) is 7.16. The van der Waals surface area contributed by atoms with Crippen LogP contribution in [0.4, 0.5) is 0 Å². The number of rotatable bonds is 4. The topological polar surface area (TPSA) is 34.1 Å². The molecule has 0 aliphatic carbocycles. The Morgan fingerprint density at radius 3 is 1.65 bits per heavy atom. The van der Waals surface area contributed by atoms with Crippen LogP contribution in [0.15, 0.2) is 83.3 Å². The minimum absolute atomic E-state index is 0.151. The number of ketones is 2. The van der Waals surface area contributed by atoms with E-state index in [9.17, 15) is 9.59 Å². The zero-order chi connectivity index (χ0) is 16.2. The van der Waals surface area contributed by atoms with Crippen LogP contribution in [0.3, 0.4) is 0 Å². The number of halogens is 1. The molecular formula is C20H13BrO2. The molecule has 0 spiro atoms. The molecule has 0 amide bonds.